The van der Waals surface area contributed by atoms with Crippen molar-refractivity contribution < 1.29 is 14.4 Å². The second-order valence-corrected chi connectivity index (χ2v) is 10.5. The number of benzene rings is 2. The van der Waals surface area contributed by atoms with Gasteiger partial charge >= 0.3 is 7.60 Å². The molecule has 5 nitrogen and oxygen atoms in total. The van der Waals surface area contributed by atoms with Gasteiger partial charge in [-0.15, -0.1) is 0 Å². The number of rotatable bonds is 7. The minimum atomic E-state index is -3.90. The highest BCUT2D eigenvalue weighted by molar-refractivity contribution is 7.72. The van der Waals surface area contributed by atoms with Crippen molar-refractivity contribution in [3.05, 3.63) is 60.7 Å². The molecule has 0 saturated carbocycles. The monoisotopic (exact) mass is 392 g/mol. The Bertz CT molecular complexity index is 677. The normalized spacial score (nSPS) is 16.9. The predicted octanol–water partition coefficient (Wildman–Crippen LogP) is 1.87. The SMILES string of the molecule is O=P(O)(O)CCN1CCN(CP(c2ccccc2)c2ccccc2)CC1. The number of hydrogen-bond donors (Lipinski definition) is 2. The van der Waals surface area contributed by atoms with Gasteiger partial charge in [-0.1, -0.05) is 60.7 Å². The zero-order valence-corrected chi connectivity index (χ0v) is 16.6. The fourth-order valence-electron chi connectivity index (χ4n) is 3.15. The summed E-state index contributed by atoms with van der Waals surface area (Å²) in [4.78, 5) is 22.7. The standard InChI is InChI=1S/C19H26N2O3P2/c22-26(23,24)16-15-20-11-13-21(14-12-20)17-25(18-7-3-1-4-8-18)19-9-5-2-6-10-19/h1-10H,11-17H2,(H2,22,23,24). The third-order valence-corrected chi connectivity index (χ3v) is 7.96. The van der Waals surface area contributed by atoms with E-state index < -0.39 is 15.5 Å². The molecule has 2 N–H and O–H groups in total. The Morgan fingerprint density at radius 3 is 1.73 bits per heavy atom. The van der Waals surface area contributed by atoms with Gasteiger partial charge in [-0.25, -0.2) is 0 Å². The van der Waals surface area contributed by atoms with Crippen molar-refractivity contribution in [3.63, 3.8) is 0 Å². The van der Waals surface area contributed by atoms with E-state index in [0.29, 0.717) is 6.54 Å². The Balaban J connectivity index is 1.61. The quantitative estimate of drug-likeness (QED) is 0.705. The maximum atomic E-state index is 11.1. The van der Waals surface area contributed by atoms with Gasteiger partial charge < -0.3 is 14.7 Å². The second kappa shape index (κ2) is 9.23. The van der Waals surface area contributed by atoms with Gasteiger partial charge in [0, 0.05) is 39.0 Å². The molecule has 0 aromatic heterocycles. The molecule has 1 saturated heterocycles. The van der Waals surface area contributed by atoms with Gasteiger partial charge in [0.15, 0.2) is 0 Å². The van der Waals surface area contributed by atoms with Crippen LogP contribution in [0, 0.1) is 0 Å². The molecule has 3 rings (SSSR count). The largest absolute Gasteiger partial charge is 0.326 e. The highest BCUT2D eigenvalue weighted by Crippen LogP contribution is 2.35. The van der Waals surface area contributed by atoms with Crippen molar-refractivity contribution in [1.82, 2.24) is 9.80 Å². The average Bonchev–Trinajstić information content (AvgIpc) is 2.66. The summed E-state index contributed by atoms with van der Waals surface area (Å²) in [6.07, 6.45) is 0.976. The maximum Gasteiger partial charge on any atom is 0.326 e. The second-order valence-electron chi connectivity index (χ2n) is 6.59. The van der Waals surface area contributed by atoms with Crippen LogP contribution in [0.25, 0.3) is 0 Å². The summed E-state index contributed by atoms with van der Waals surface area (Å²) in [6.45, 7) is 4.10. The predicted molar refractivity (Wildman–Crippen MR) is 109 cm³/mol. The van der Waals surface area contributed by atoms with E-state index in [1.165, 1.54) is 10.6 Å². The van der Waals surface area contributed by atoms with Crippen LogP contribution in [-0.4, -0.2) is 64.8 Å². The van der Waals surface area contributed by atoms with Crippen LogP contribution in [0.5, 0.6) is 0 Å². The van der Waals surface area contributed by atoms with Crippen molar-refractivity contribution in [2.24, 2.45) is 0 Å². The molecule has 1 heterocycles. The lowest BCUT2D eigenvalue weighted by Gasteiger charge is -2.36. The minimum Gasteiger partial charge on any atom is -0.324 e. The van der Waals surface area contributed by atoms with Crippen LogP contribution in [0.15, 0.2) is 60.7 Å². The van der Waals surface area contributed by atoms with Crippen LogP contribution < -0.4 is 10.6 Å². The molecule has 1 fully saturated rings. The van der Waals surface area contributed by atoms with E-state index in [1.54, 1.807) is 0 Å². The topological polar surface area (TPSA) is 64.0 Å². The van der Waals surface area contributed by atoms with Crippen molar-refractivity contribution in [2.45, 2.75) is 0 Å². The summed E-state index contributed by atoms with van der Waals surface area (Å²) in [5.41, 5.74) is 0. The first-order valence-corrected chi connectivity index (χ1v) is 12.2. The van der Waals surface area contributed by atoms with E-state index in [4.69, 9.17) is 9.79 Å². The molecular weight excluding hydrogens is 366 g/mol. The molecule has 1 aliphatic heterocycles. The summed E-state index contributed by atoms with van der Waals surface area (Å²) >= 11 is 0. The summed E-state index contributed by atoms with van der Waals surface area (Å²) in [5, 5.41) is 2.77. The molecular formula is C19H26N2O3P2. The van der Waals surface area contributed by atoms with Crippen molar-refractivity contribution in [1.29, 1.82) is 0 Å². The van der Waals surface area contributed by atoms with Crippen LogP contribution in [0.4, 0.5) is 0 Å². The highest BCUT2D eigenvalue weighted by Gasteiger charge is 2.23. The first kappa shape index (κ1) is 19.7. The lowest BCUT2D eigenvalue weighted by atomic mass is 10.3. The highest BCUT2D eigenvalue weighted by atomic mass is 31.2. The smallest absolute Gasteiger partial charge is 0.324 e. The van der Waals surface area contributed by atoms with Gasteiger partial charge in [-0.05, 0) is 18.5 Å². The molecule has 1 aliphatic rings. The van der Waals surface area contributed by atoms with Crippen LogP contribution >= 0.6 is 15.5 Å². The van der Waals surface area contributed by atoms with E-state index in [0.717, 1.165) is 32.5 Å². The molecule has 0 atom stereocenters. The molecule has 26 heavy (non-hydrogen) atoms. The first-order valence-electron chi connectivity index (χ1n) is 8.88. The molecule has 0 unspecified atom stereocenters. The fourth-order valence-corrected chi connectivity index (χ4v) is 6.07. The summed E-state index contributed by atoms with van der Waals surface area (Å²) in [5.74, 6) is 0. The number of hydrogen-bond acceptors (Lipinski definition) is 3. The van der Waals surface area contributed by atoms with Gasteiger partial charge in [0.05, 0.1) is 6.16 Å². The Hall–Kier alpha value is -1.06. The van der Waals surface area contributed by atoms with Crippen molar-refractivity contribution in [3.8, 4) is 0 Å². The van der Waals surface area contributed by atoms with Crippen LogP contribution in [0.3, 0.4) is 0 Å². The molecule has 0 aliphatic carbocycles. The lowest BCUT2D eigenvalue weighted by molar-refractivity contribution is 0.153. The van der Waals surface area contributed by atoms with Crippen molar-refractivity contribution in [2.75, 3.05) is 45.2 Å². The summed E-state index contributed by atoms with van der Waals surface area (Å²) < 4.78 is 11.1. The van der Waals surface area contributed by atoms with E-state index in [1.807, 2.05) is 0 Å². The molecule has 0 spiro atoms. The van der Waals surface area contributed by atoms with Crippen molar-refractivity contribution >= 4 is 26.1 Å². The van der Waals surface area contributed by atoms with Gasteiger partial charge in [0.1, 0.15) is 0 Å². The van der Waals surface area contributed by atoms with Gasteiger partial charge in [0.25, 0.3) is 0 Å². The lowest BCUT2D eigenvalue weighted by Crippen LogP contribution is -2.47. The number of nitrogens with zero attached hydrogens (tertiary/aromatic N) is 2. The average molecular weight is 392 g/mol. The van der Waals surface area contributed by atoms with Crippen LogP contribution in [0.2, 0.25) is 0 Å². The van der Waals surface area contributed by atoms with Gasteiger partial charge in [-0.3, -0.25) is 9.46 Å². The zero-order valence-electron chi connectivity index (χ0n) is 14.8. The molecule has 0 amide bonds. The Labute approximate surface area is 156 Å². The summed E-state index contributed by atoms with van der Waals surface area (Å²) in [6, 6.07) is 21.4. The van der Waals surface area contributed by atoms with E-state index in [2.05, 4.69) is 70.5 Å². The van der Waals surface area contributed by atoms with E-state index in [9.17, 15) is 4.57 Å². The van der Waals surface area contributed by atoms with Gasteiger partial charge in [0.2, 0.25) is 0 Å². The first-order chi connectivity index (χ1) is 12.5. The molecule has 2 aromatic carbocycles. The Morgan fingerprint density at radius 2 is 1.27 bits per heavy atom. The minimum absolute atomic E-state index is 0.0479. The third kappa shape index (κ3) is 5.99. The molecule has 0 bridgehead atoms. The van der Waals surface area contributed by atoms with E-state index in [-0.39, 0.29) is 6.16 Å². The Morgan fingerprint density at radius 1 is 0.808 bits per heavy atom. The van der Waals surface area contributed by atoms with Crippen LogP contribution in [-0.2, 0) is 4.57 Å². The van der Waals surface area contributed by atoms with Crippen LogP contribution in [0.1, 0.15) is 0 Å². The molecule has 140 valence electrons. The zero-order chi connectivity index (χ0) is 18.4. The fraction of sp³-hybridized carbons (Fsp3) is 0.368. The Kier molecular flexibility index (Phi) is 6.99. The molecule has 2 aromatic rings. The maximum absolute atomic E-state index is 11.1. The molecule has 7 heteroatoms. The summed E-state index contributed by atoms with van der Waals surface area (Å²) in [7, 11) is -4.33. The van der Waals surface area contributed by atoms with Gasteiger partial charge in [-0.2, -0.15) is 0 Å². The number of piperazine rings is 1. The third-order valence-electron chi connectivity index (χ3n) is 4.65. The van der Waals surface area contributed by atoms with E-state index >= 15 is 0 Å². The molecule has 0 radical (unpaired) electrons.